The number of methoxy groups -OCH3 is 1. The molecule has 0 radical (unpaired) electrons. The normalized spacial score (nSPS) is 18.6. The third-order valence-corrected chi connectivity index (χ3v) is 3.43. The van der Waals surface area contributed by atoms with Gasteiger partial charge in [0.15, 0.2) is 0 Å². The standard InChI is InChI=1S/C14H19ClN2O3/c1-19-13-3-2-10(6-12(13)15)8-17-14(18)7-11-9-20-5-4-16-11/h2-3,6,11,16H,4-5,7-9H2,1H3,(H,17,18). The highest BCUT2D eigenvalue weighted by atomic mass is 35.5. The molecule has 20 heavy (non-hydrogen) atoms. The van der Waals surface area contributed by atoms with Crippen LogP contribution in [0.15, 0.2) is 18.2 Å². The van der Waals surface area contributed by atoms with Crippen molar-refractivity contribution in [2.75, 3.05) is 26.9 Å². The van der Waals surface area contributed by atoms with Gasteiger partial charge < -0.3 is 20.1 Å². The summed E-state index contributed by atoms with van der Waals surface area (Å²) in [5.74, 6) is 0.630. The summed E-state index contributed by atoms with van der Waals surface area (Å²) in [6.45, 7) is 2.55. The summed E-state index contributed by atoms with van der Waals surface area (Å²) in [5.41, 5.74) is 0.942. The maximum Gasteiger partial charge on any atom is 0.221 e. The Morgan fingerprint density at radius 1 is 1.60 bits per heavy atom. The van der Waals surface area contributed by atoms with E-state index in [4.69, 9.17) is 21.1 Å². The summed E-state index contributed by atoms with van der Waals surface area (Å²) in [6.07, 6.45) is 0.421. The molecule has 0 spiro atoms. The largest absolute Gasteiger partial charge is 0.495 e. The Bertz CT molecular complexity index is 462. The van der Waals surface area contributed by atoms with E-state index in [1.54, 1.807) is 19.2 Å². The zero-order chi connectivity index (χ0) is 14.4. The number of carbonyl (C=O) groups excluding carboxylic acids is 1. The molecular formula is C14H19ClN2O3. The molecule has 1 aliphatic rings. The van der Waals surface area contributed by atoms with Gasteiger partial charge >= 0.3 is 0 Å². The van der Waals surface area contributed by atoms with Crippen LogP contribution in [0, 0.1) is 0 Å². The summed E-state index contributed by atoms with van der Waals surface area (Å²) < 4.78 is 10.4. The van der Waals surface area contributed by atoms with E-state index < -0.39 is 0 Å². The lowest BCUT2D eigenvalue weighted by molar-refractivity contribution is -0.122. The van der Waals surface area contributed by atoms with Gasteiger partial charge in [-0.1, -0.05) is 17.7 Å². The molecule has 5 nitrogen and oxygen atoms in total. The number of morpholine rings is 1. The van der Waals surface area contributed by atoms with Crippen LogP contribution in [0.3, 0.4) is 0 Å². The van der Waals surface area contributed by atoms with Crippen molar-refractivity contribution in [1.82, 2.24) is 10.6 Å². The molecule has 1 unspecified atom stereocenters. The number of halogens is 1. The summed E-state index contributed by atoms with van der Waals surface area (Å²) >= 11 is 6.04. The van der Waals surface area contributed by atoms with Gasteiger partial charge in [0.2, 0.25) is 5.91 Å². The molecular weight excluding hydrogens is 280 g/mol. The van der Waals surface area contributed by atoms with E-state index in [-0.39, 0.29) is 11.9 Å². The quantitative estimate of drug-likeness (QED) is 0.861. The van der Waals surface area contributed by atoms with Crippen LogP contribution >= 0.6 is 11.6 Å². The average molecular weight is 299 g/mol. The minimum absolute atomic E-state index is 0.0000551. The van der Waals surface area contributed by atoms with Crippen LogP contribution in [0.2, 0.25) is 5.02 Å². The molecule has 2 N–H and O–H groups in total. The second-order valence-corrected chi connectivity index (χ2v) is 5.08. The highest BCUT2D eigenvalue weighted by Crippen LogP contribution is 2.24. The van der Waals surface area contributed by atoms with Gasteiger partial charge in [-0.2, -0.15) is 0 Å². The fraction of sp³-hybridized carbons (Fsp3) is 0.500. The lowest BCUT2D eigenvalue weighted by Gasteiger charge is -2.23. The monoisotopic (exact) mass is 298 g/mol. The molecule has 6 heteroatoms. The first-order chi connectivity index (χ1) is 9.69. The molecule has 1 saturated heterocycles. The predicted molar refractivity (Wildman–Crippen MR) is 77.1 cm³/mol. The molecule has 2 rings (SSSR count). The molecule has 1 fully saturated rings. The number of carbonyl (C=O) groups is 1. The first-order valence-corrected chi connectivity index (χ1v) is 6.97. The molecule has 0 bridgehead atoms. The first kappa shape index (κ1) is 15.1. The molecule has 0 aliphatic carbocycles. The van der Waals surface area contributed by atoms with Gasteiger partial charge in [-0.3, -0.25) is 4.79 Å². The molecule has 110 valence electrons. The number of benzene rings is 1. The number of hydrogen-bond donors (Lipinski definition) is 2. The smallest absolute Gasteiger partial charge is 0.221 e. The predicted octanol–water partition coefficient (Wildman–Crippen LogP) is 1.34. The third kappa shape index (κ3) is 4.37. The summed E-state index contributed by atoms with van der Waals surface area (Å²) in [4.78, 5) is 11.8. The first-order valence-electron chi connectivity index (χ1n) is 6.59. The van der Waals surface area contributed by atoms with Crippen LogP contribution in [-0.2, 0) is 16.1 Å². The van der Waals surface area contributed by atoms with E-state index >= 15 is 0 Å². The van der Waals surface area contributed by atoms with Gasteiger partial charge in [0.1, 0.15) is 5.75 Å². The Morgan fingerprint density at radius 2 is 2.45 bits per heavy atom. The highest BCUT2D eigenvalue weighted by Gasteiger charge is 2.16. The van der Waals surface area contributed by atoms with Gasteiger partial charge in [-0.15, -0.1) is 0 Å². The zero-order valence-electron chi connectivity index (χ0n) is 11.4. The SMILES string of the molecule is COc1ccc(CNC(=O)CC2COCCN2)cc1Cl. The van der Waals surface area contributed by atoms with Crippen molar-refractivity contribution in [2.24, 2.45) is 0 Å². The van der Waals surface area contributed by atoms with Crippen molar-refractivity contribution in [3.8, 4) is 5.75 Å². The second kappa shape index (κ2) is 7.47. The fourth-order valence-electron chi connectivity index (χ4n) is 2.07. The van der Waals surface area contributed by atoms with Crippen molar-refractivity contribution < 1.29 is 14.3 Å². The number of hydrogen-bond acceptors (Lipinski definition) is 4. The lowest BCUT2D eigenvalue weighted by atomic mass is 10.1. The molecule has 1 atom stereocenters. The Kier molecular flexibility index (Phi) is 5.64. The summed E-state index contributed by atoms with van der Waals surface area (Å²) in [6, 6.07) is 5.57. The Hall–Kier alpha value is -1.30. The van der Waals surface area contributed by atoms with E-state index in [9.17, 15) is 4.79 Å². The van der Waals surface area contributed by atoms with Crippen LogP contribution in [0.4, 0.5) is 0 Å². The Balaban J connectivity index is 1.79. The van der Waals surface area contributed by atoms with E-state index in [0.717, 1.165) is 12.1 Å². The van der Waals surface area contributed by atoms with Crippen molar-refractivity contribution >= 4 is 17.5 Å². The van der Waals surface area contributed by atoms with E-state index in [1.807, 2.05) is 6.07 Å². The fourth-order valence-corrected chi connectivity index (χ4v) is 2.35. The van der Waals surface area contributed by atoms with Crippen LogP contribution in [0.25, 0.3) is 0 Å². The minimum Gasteiger partial charge on any atom is -0.495 e. The molecule has 0 aromatic heterocycles. The van der Waals surface area contributed by atoms with E-state index in [0.29, 0.717) is 37.0 Å². The number of ether oxygens (including phenoxy) is 2. The van der Waals surface area contributed by atoms with Gasteiger partial charge in [-0.05, 0) is 17.7 Å². The average Bonchev–Trinajstić information content (AvgIpc) is 2.46. The second-order valence-electron chi connectivity index (χ2n) is 4.68. The Labute approximate surface area is 123 Å². The topological polar surface area (TPSA) is 59.6 Å². The summed E-state index contributed by atoms with van der Waals surface area (Å²) in [5, 5.41) is 6.67. The third-order valence-electron chi connectivity index (χ3n) is 3.14. The van der Waals surface area contributed by atoms with Crippen molar-refractivity contribution in [3.63, 3.8) is 0 Å². The molecule has 1 heterocycles. The number of rotatable bonds is 5. The molecule has 1 aromatic rings. The van der Waals surface area contributed by atoms with Crippen molar-refractivity contribution in [2.45, 2.75) is 19.0 Å². The van der Waals surface area contributed by atoms with E-state index in [1.165, 1.54) is 0 Å². The number of amides is 1. The van der Waals surface area contributed by atoms with Crippen molar-refractivity contribution in [3.05, 3.63) is 28.8 Å². The Morgan fingerprint density at radius 3 is 3.10 bits per heavy atom. The van der Waals surface area contributed by atoms with Crippen LogP contribution in [-0.4, -0.2) is 38.8 Å². The number of nitrogens with one attached hydrogen (secondary N) is 2. The molecule has 0 saturated carbocycles. The van der Waals surface area contributed by atoms with Gasteiger partial charge in [0.25, 0.3) is 0 Å². The van der Waals surface area contributed by atoms with Gasteiger partial charge in [0.05, 0.1) is 25.3 Å². The van der Waals surface area contributed by atoms with Crippen LogP contribution in [0.5, 0.6) is 5.75 Å². The minimum atomic E-state index is -0.0000551. The van der Waals surface area contributed by atoms with Crippen molar-refractivity contribution in [1.29, 1.82) is 0 Å². The van der Waals surface area contributed by atoms with Gasteiger partial charge in [0, 0.05) is 25.6 Å². The maximum absolute atomic E-state index is 11.8. The lowest BCUT2D eigenvalue weighted by Crippen LogP contribution is -2.44. The summed E-state index contributed by atoms with van der Waals surface area (Å²) in [7, 11) is 1.57. The van der Waals surface area contributed by atoms with Crippen LogP contribution < -0.4 is 15.4 Å². The van der Waals surface area contributed by atoms with Crippen LogP contribution in [0.1, 0.15) is 12.0 Å². The molecule has 1 amide bonds. The van der Waals surface area contributed by atoms with Gasteiger partial charge in [-0.25, -0.2) is 0 Å². The maximum atomic E-state index is 11.8. The highest BCUT2D eigenvalue weighted by molar-refractivity contribution is 6.32. The van der Waals surface area contributed by atoms with E-state index in [2.05, 4.69) is 10.6 Å². The zero-order valence-corrected chi connectivity index (χ0v) is 12.2. The molecule has 1 aromatic carbocycles. The molecule has 1 aliphatic heterocycles.